The summed E-state index contributed by atoms with van der Waals surface area (Å²) in [5.74, 6) is -1.88. The highest BCUT2D eigenvalue weighted by Gasteiger charge is 2.30. The van der Waals surface area contributed by atoms with Gasteiger partial charge in [-0.15, -0.1) is 0 Å². The normalized spacial score (nSPS) is 15.0. The number of rotatable bonds is 3. The number of nitrogens with one attached hydrogen (secondary N) is 1. The molecule has 1 heterocycles. The van der Waals surface area contributed by atoms with Crippen LogP contribution in [-0.4, -0.2) is 42.4 Å². The van der Waals surface area contributed by atoms with E-state index < -0.39 is 11.8 Å². The lowest BCUT2D eigenvalue weighted by molar-refractivity contribution is -0.152. The highest BCUT2D eigenvalue weighted by Crippen LogP contribution is 2.24. The number of esters is 1. The van der Waals surface area contributed by atoms with Gasteiger partial charge >= 0.3 is 17.8 Å². The van der Waals surface area contributed by atoms with Crippen molar-refractivity contribution < 1.29 is 19.1 Å². The maximum Gasteiger partial charge on any atom is 0.313 e. The molecule has 2 rings (SSSR count). The van der Waals surface area contributed by atoms with Gasteiger partial charge in [0.05, 0.1) is 23.2 Å². The van der Waals surface area contributed by atoms with Crippen molar-refractivity contribution in [3.05, 3.63) is 23.2 Å². The first-order chi connectivity index (χ1) is 11.4. The molecule has 1 aliphatic rings. The lowest BCUT2D eigenvalue weighted by atomic mass is 9.97. The van der Waals surface area contributed by atoms with Crippen molar-refractivity contribution in [2.45, 2.75) is 19.8 Å². The standard InChI is InChI=1S/C16H20ClN3O4/c1-2-24-16(23)10-5-7-20(8-6-10)15(22)14(21)19-13-4-3-11(18)9-12(13)17/h3-4,9-10H,2,5-8,18H2,1H3,(H,19,21). The molecule has 0 unspecified atom stereocenters. The summed E-state index contributed by atoms with van der Waals surface area (Å²) in [5, 5.41) is 2.74. The summed E-state index contributed by atoms with van der Waals surface area (Å²) < 4.78 is 4.98. The van der Waals surface area contributed by atoms with Gasteiger partial charge in [-0.05, 0) is 38.0 Å². The first-order valence-corrected chi connectivity index (χ1v) is 8.12. The average molecular weight is 354 g/mol. The Bertz CT molecular complexity index is 642. The number of ether oxygens (including phenoxy) is 1. The summed E-state index contributed by atoms with van der Waals surface area (Å²) in [4.78, 5) is 37.4. The molecule has 1 aliphatic heterocycles. The monoisotopic (exact) mass is 353 g/mol. The molecule has 0 radical (unpaired) electrons. The molecular formula is C16H20ClN3O4. The van der Waals surface area contributed by atoms with Crippen molar-refractivity contribution in [1.82, 2.24) is 4.90 Å². The third-order valence-electron chi connectivity index (χ3n) is 3.84. The number of halogens is 1. The topological polar surface area (TPSA) is 102 Å². The molecule has 1 aromatic rings. The fraction of sp³-hybridized carbons (Fsp3) is 0.438. The van der Waals surface area contributed by atoms with Crippen LogP contribution in [-0.2, 0) is 19.1 Å². The van der Waals surface area contributed by atoms with E-state index in [0.717, 1.165) is 0 Å². The van der Waals surface area contributed by atoms with Crippen LogP contribution in [0.25, 0.3) is 0 Å². The van der Waals surface area contributed by atoms with E-state index in [4.69, 9.17) is 22.1 Å². The van der Waals surface area contributed by atoms with Crippen molar-refractivity contribution in [3.63, 3.8) is 0 Å². The molecule has 0 aromatic heterocycles. The Labute approximate surface area is 145 Å². The minimum atomic E-state index is -0.767. The summed E-state index contributed by atoms with van der Waals surface area (Å²) in [6, 6.07) is 4.61. The van der Waals surface area contributed by atoms with Gasteiger partial charge in [0.25, 0.3) is 0 Å². The zero-order chi connectivity index (χ0) is 17.7. The number of anilines is 2. The number of nitrogen functional groups attached to an aromatic ring is 1. The first kappa shape index (κ1) is 18.1. The van der Waals surface area contributed by atoms with E-state index >= 15 is 0 Å². The van der Waals surface area contributed by atoms with Gasteiger partial charge in [-0.2, -0.15) is 0 Å². The molecule has 0 aliphatic carbocycles. The first-order valence-electron chi connectivity index (χ1n) is 7.74. The van der Waals surface area contributed by atoms with E-state index in [-0.39, 0.29) is 16.9 Å². The van der Waals surface area contributed by atoms with E-state index in [0.29, 0.717) is 43.9 Å². The van der Waals surface area contributed by atoms with Crippen molar-refractivity contribution in [3.8, 4) is 0 Å². The lowest BCUT2D eigenvalue weighted by Gasteiger charge is -2.30. The second kappa shape index (κ2) is 8.01. The largest absolute Gasteiger partial charge is 0.466 e. The van der Waals surface area contributed by atoms with E-state index in [2.05, 4.69) is 5.32 Å². The van der Waals surface area contributed by atoms with Crippen LogP contribution in [0.4, 0.5) is 11.4 Å². The number of carbonyl (C=O) groups excluding carboxylic acids is 3. The number of hydrogen-bond acceptors (Lipinski definition) is 5. The molecule has 0 bridgehead atoms. The number of hydrogen-bond donors (Lipinski definition) is 2. The van der Waals surface area contributed by atoms with Crippen LogP contribution in [0, 0.1) is 5.92 Å². The molecule has 3 N–H and O–H groups in total. The number of carbonyl (C=O) groups is 3. The summed E-state index contributed by atoms with van der Waals surface area (Å²) >= 11 is 5.98. The molecule has 0 spiro atoms. The molecule has 1 fully saturated rings. The number of nitrogens with two attached hydrogens (primary N) is 1. The fourth-order valence-electron chi connectivity index (χ4n) is 2.53. The molecule has 24 heavy (non-hydrogen) atoms. The highest BCUT2D eigenvalue weighted by molar-refractivity contribution is 6.41. The average Bonchev–Trinajstić information content (AvgIpc) is 2.57. The van der Waals surface area contributed by atoms with Gasteiger partial charge in [-0.25, -0.2) is 0 Å². The number of piperidine rings is 1. The van der Waals surface area contributed by atoms with E-state index in [1.165, 1.54) is 17.0 Å². The van der Waals surface area contributed by atoms with Gasteiger partial charge in [0.1, 0.15) is 0 Å². The lowest BCUT2D eigenvalue weighted by Crippen LogP contribution is -2.45. The second-order valence-electron chi connectivity index (χ2n) is 5.51. The van der Waals surface area contributed by atoms with Crippen molar-refractivity contribution in [2.75, 3.05) is 30.7 Å². The van der Waals surface area contributed by atoms with Gasteiger partial charge in [-0.3, -0.25) is 14.4 Å². The molecule has 7 nitrogen and oxygen atoms in total. The van der Waals surface area contributed by atoms with E-state index in [1.807, 2.05) is 0 Å². The quantitative estimate of drug-likeness (QED) is 0.489. The van der Waals surface area contributed by atoms with Crippen molar-refractivity contribution >= 4 is 40.8 Å². The van der Waals surface area contributed by atoms with Gasteiger partial charge in [0.15, 0.2) is 0 Å². The van der Waals surface area contributed by atoms with Crippen LogP contribution >= 0.6 is 11.6 Å². The minimum absolute atomic E-state index is 0.219. The number of benzene rings is 1. The molecule has 0 atom stereocenters. The third kappa shape index (κ3) is 4.38. The smallest absolute Gasteiger partial charge is 0.313 e. The summed E-state index contributed by atoms with van der Waals surface area (Å²) in [5.41, 5.74) is 6.37. The highest BCUT2D eigenvalue weighted by atomic mass is 35.5. The van der Waals surface area contributed by atoms with Crippen molar-refractivity contribution in [2.24, 2.45) is 5.92 Å². The maximum absolute atomic E-state index is 12.2. The maximum atomic E-state index is 12.2. The SMILES string of the molecule is CCOC(=O)C1CCN(C(=O)C(=O)Nc2ccc(N)cc2Cl)CC1. The Morgan fingerprint density at radius 1 is 1.33 bits per heavy atom. The van der Waals surface area contributed by atoms with Gasteiger partial charge < -0.3 is 20.7 Å². The Morgan fingerprint density at radius 2 is 2.00 bits per heavy atom. The minimum Gasteiger partial charge on any atom is -0.466 e. The Hall–Kier alpha value is -2.28. The molecule has 2 amide bonds. The Kier molecular flexibility index (Phi) is 6.03. The third-order valence-corrected chi connectivity index (χ3v) is 4.15. The predicted molar refractivity (Wildman–Crippen MR) is 90.4 cm³/mol. The van der Waals surface area contributed by atoms with Gasteiger partial charge in [0, 0.05) is 18.8 Å². The molecular weight excluding hydrogens is 334 g/mol. The molecule has 0 saturated carbocycles. The van der Waals surface area contributed by atoms with Crippen LogP contribution in [0.1, 0.15) is 19.8 Å². The fourth-order valence-corrected chi connectivity index (χ4v) is 2.77. The summed E-state index contributed by atoms with van der Waals surface area (Å²) in [6.45, 7) is 2.77. The number of amides is 2. The van der Waals surface area contributed by atoms with Gasteiger partial charge in [0.2, 0.25) is 0 Å². The van der Waals surface area contributed by atoms with E-state index in [9.17, 15) is 14.4 Å². The summed E-state index contributed by atoms with van der Waals surface area (Å²) in [6.07, 6.45) is 0.973. The van der Waals surface area contributed by atoms with Crippen LogP contribution in [0.2, 0.25) is 5.02 Å². The van der Waals surface area contributed by atoms with Crippen LogP contribution < -0.4 is 11.1 Å². The zero-order valence-electron chi connectivity index (χ0n) is 13.4. The Balaban J connectivity index is 1.90. The predicted octanol–water partition coefficient (Wildman–Crippen LogP) is 1.66. The van der Waals surface area contributed by atoms with Crippen LogP contribution in [0.5, 0.6) is 0 Å². The summed E-state index contributed by atoms with van der Waals surface area (Å²) in [7, 11) is 0. The van der Waals surface area contributed by atoms with Crippen LogP contribution in [0.15, 0.2) is 18.2 Å². The molecule has 8 heteroatoms. The molecule has 1 aromatic carbocycles. The second-order valence-corrected chi connectivity index (χ2v) is 5.92. The van der Waals surface area contributed by atoms with Crippen LogP contribution in [0.3, 0.4) is 0 Å². The molecule has 1 saturated heterocycles. The Morgan fingerprint density at radius 3 is 2.58 bits per heavy atom. The van der Waals surface area contributed by atoms with E-state index in [1.54, 1.807) is 13.0 Å². The number of nitrogens with zero attached hydrogens (tertiary/aromatic N) is 1. The van der Waals surface area contributed by atoms with Crippen molar-refractivity contribution in [1.29, 1.82) is 0 Å². The zero-order valence-corrected chi connectivity index (χ0v) is 14.1. The van der Waals surface area contributed by atoms with Gasteiger partial charge in [-0.1, -0.05) is 11.6 Å². The number of likely N-dealkylation sites (tertiary alicyclic amines) is 1. The molecule has 130 valence electrons.